The summed E-state index contributed by atoms with van der Waals surface area (Å²) in [5.41, 5.74) is 3.84. The zero-order valence-electron chi connectivity index (χ0n) is 25.1. The Morgan fingerprint density at radius 1 is 0.762 bits per heavy atom. The van der Waals surface area contributed by atoms with Gasteiger partial charge in [-0.25, -0.2) is 0 Å². The highest BCUT2D eigenvalue weighted by Gasteiger charge is 2.35. The minimum Gasteiger partial charge on any atom is -0.497 e. The summed E-state index contributed by atoms with van der Waals surface area (Å²) < 4.78 is 42.8. The zero-order valence-corrected chi connectivity index (χ0v) is 25.1. The third-order valence-corrected chi connectivity index (χ3v) is 8.70. The number of aldehydes is 1. The van der Waals surface area contributed by atoms with Crippen LogP contribution in [0.5, 0.6) is 17.2 Å². The van der Waals surface area contributed by atoms with Crippen LogP contribution in [-0.2, 0) is 17.8 Å². The maximum Gasteiger partial charge on any atom is 0.204 e. The topological polar surface area (TPSA) is 44.8 Å². The van der Waals surface area contributed by atoms with Gasteiger partial charge in [-0.2, -0.15) is 8.78 Å². The molecule has 0 radical (unpaired) electrons. The number of halogens is 2. The van der Waals surface area contributed by atoms with Gasteiger partial charge in [-0.15, -0.1) is 0 Å². The average molecular weight is 579 g/mol. The molecule has 2 saturated carbocycles. The molecule has 4 nitrogen and oxygen atoms in total. The molecule has 0 bridgehead atoms. The van der Waals surface area contributed by atoms with Crippen molar-refractivity contribution >= 4 is 6.29 Å². The first kappa shape index (κ1) is 31.5. The van der Waals surface area contributed by atoms with Gasteiger partial charge in [0.2, 0.25) is 11.6 Å². The van der Waals surface area contributed by atoms with Crippen molar-refractivity contribution in [2.75, 3.05) is 13.7 Å². The molecule has 4 atom stereocenters. The van der Waals surface area contributed by atoms with E-state index in [9.17, 15) is 13.6 Å². The molecule has 3 aromatic rings. The van der Waals surface area contributed by atoms with Gasteiger partial charge in [0.1, 0.15) is 18.6 Å². The van der Waals surface area contributed by atoms with Crippen LogP contribution in [-0.4, -0.2) is 20.0 Å². The van der Waals surface area contributed by atoms with E-state index >= 15 is 0 Å². The Hall–Kier alpha value is -3.41. The smallest absolute Gasteiger partial charge is 0.204 e. The zero-order chi connectivity index (χ0) is 29.9. The molecular weight excluding hydrogens is 534 g/mol. The van der Waals surface area contributed by atoms with Gasteiger partial charge in [0.15, 0.2) is 11.5 Å². The van der Waals surface area contributed by atoms with Crippen LogP contribution in [0.15, 0.2) is 60.7 Å². The number of methoxy groups -OCH3 is 1. The van der Waals surface area contributed by atoms with E-state index in [2.05, 4.69) is 31.2 Å². The molecule has 2 aliphatic carbocycles. The molecule has 6 heteroatoms. The molecule has 0 heterocycles. The van der Waals surface area contributed by atoms with E-state index in [-0.39, 0.29) is 24.7 Å². The molecule has 5 rings (SSSR count). The van der Waals surface area contributed by atoms with Crippen LogP contribution >= 0.6 is 0 Å². The standard InChI is InChI=1S/C20H28O.C16H16F2O3/c1-2-3-15-4-7-17(8-5-15)19-11-10-18-12-16(14-21)6-9-20(18)13-19;1-3-20-13-8-9-14(16(18)15(13)17)21-10-11-4-6-12(19-2)7-5-11/h4-5,7-8,14,16,18-20H,2-3,6,9-13H2,1H3;4-9H,3,10H2,1-2H3. The van der Waals surface area contributed by atoms with Crippen LogP contribution in [0.3, 0.4) is 0 Å². The highest BCUT2D eigenvalue weighted by Crippen LogP contribution is 2.47. The molecule has 0 aliphatic heterocycles. The molecule has 0 saturated heterocycles. The number of carbonyl (C=O) groups is 1. The Kier molecular flexibility index (Phi) is 11.8. The highest BCUT2D eigenvalue weighted by atomic mass is 19.2. The molecule has 42 heavy (non-hydrogen) atoms. The predicted octanol–water partition coefficient (Wildman–Crippen LogP) is 9.09. The average Bonchev–Trinajstić information content (AvgIpc) is 3.03. The number of aryl methyl sites for hydroxylation is 1. The Morgan fingerprint density at radius 3 is 2.00 bits per heavy atom. The van der Waals surface area contributed by atoms with E-state index in [0.717, 1.165) is 41.9 Å². The van der Waals surface area contributed by atoms with Crippen molar-refractivity contribution in [2.24, 2.45) is 17.8 Å². The molecule has 0 spiro atoms. The summed E-state index contributed by atoms with van der Waals surface area (Å²) in [5, 5.41) is 0. The molecule has 3 aromatic carbocycles. The van der Waals surface area contributed by atoms with Crippen LogP contribution in [0, 0.1) is 29.4 Å². The summed E-state index contributed by atoms with van der Waals surface area (Å²) in [7, 11) is 1.57. The fourth-order valence-electron chi connectivity index (χ4n) is 6.37. The molecule has 226 valence electrons. The first-order valence-corrected chi connectivity index (χ1v) is 15.4. The van der Waals surface area contributed by atoms with Gasteiger partial charge in [-0.3, -0.25) is 0 Å². The monoisotopic (exact) mass is 578 g/mol. The Labute approximate surface area is 249 Å². The van der Waals surface area contributed by atoms with Crippen LogP contribution in [0.2, 0.25) is 0 Å². The van der Waals surface area contributed by atoms with Gasteiger partial charge in [0.05, 0.1) is 13.7 Å². The summed E-state index contributed by atoms with van der Waals surface area (Å²) in [6.07, 6.45) is 11.2. The van der Waals surface area contributed by atoms with E-state index in [1.54, 1.807) is 43.9 Å². The molecule has 4 unspecified atom stereocenters. The fraction of sp³-hybridized carbons (Fsp3) is 0.472. The van der Waals surface area contributed by atoms with E-state index in [1.807, 2.05) is 0 Å². The Bertz CT molecular complexity index is 1260. The lowest BCUT2D eigenvalue weighted by Crippen LogP contribution is -2.30. The van der Waals surface area contributed by atoms with Crippen LogP contribution in [0.25, 0.3) is 0 Å². The van der Waals surface area contributed by atoms with Crippen molar-refractivity contribution < 1.29 is 27.8 Å². The first-order chi connectivity index (χ1) is 20.4. The number of hydrogen-bond acceptors (Lipinski definition) is 4. The molecule has 2 aliphatic rings. The normalized spacial score (nSPS) is 21.4. The fourth-order valence-corrected chi connectivity index (χ4v) is 6.37. The van der Waals surface area contributed by atoms with Crippen molar-refractivity contribution in [2.45, 2.75) is 77.7 Å². The Morgan fingerprint density at radius 2 is 1.38 bits per heavy atom. The molecule has 2 fully saturated rings. The van der Waals surface area contributed by atoms with E-state index in [4.69, 9.17) is 14.2 Å². The van der Waals surface area contributed by atoms with Crippen LogP contribution < -0.4 is 14.2 Å². The number of rotatable bonds is 10. The second-order valence-corrected chi connectivity index (χ2v) is 11.5. The van der Waals surface area contributed by atoms with Gasteiger partial charge >= 0.3 is 0 Å². The summed E-state index contributed by atoms with van der Waals surface area (Å²) in [4.78, 5) is 11.0. The van der Waals surface area contributed by atoms with Gasteiger partial charge < -0.3 is 19.0 Å². The predicted molar refractivity (Wildman–Crippen MR) is 162 cm³/mol. The van der Waals surface area contributed by atoms with Crippen molar-refractivity contribution in [3.05, 3.63) is 89.0 Å². The van der Waals surface area contributed by atoms with Gasteiger partial charge in [0.25, 0.3) is 0 Å². The lowest BCUT2D eigenvalue weighted by atomic mass is 9.64. The number of carbonyl (C=O) groups excluding carboxylic acids is 1. The SMILES string of the molecule is CCCc1ccc(C2CCC3CC(C=O)CCC3C2)cc1.CCOc1ccc(OCc2ccc(OC)cc2)c(F)c1F. The summed E-state index contributed by atoms with van der Waals surface area (Å²) in [6.45, 7) is 4.34. The van der Waals surface area contributed by atoms with Gasteiger partial charge in [-0.1, -0.05) is 49.7 Å². The van der Waals surface area contributed by atoms with Crippen molar-refractivity contribution in [1.82, 2.24) is 0 Å². The lowest BCUT2D eigenvalue weighted by molar-refractivity contribution is -0.113. The summed E-state index contributed by atoms with van der Waals surface area (Å²) >= 11 is 0. The molecule has 0 aromatic heterocycles. The third kappa shape index (κ3) is 8.33. The summed E-state index contributed by atoms with van der Waals surface area (Å²) in [5.74, 6) is 1.18. The molecular formula is C36H44F2O4. The number of benzene rings is 3. The lowest BCUT2D eigenvalue weighted by Gasteiger charge is -2.41. The maximum absolute atomic E-state index is 13.8. The summed E-state index contributed by atoms with van der Waals surface area (Å²) in [6, 6.07) is 19.2. The van der Waals surface area contributed by atoms with E-state index in [0.29, 0.717) is 5.92 Å². The first-order valence-electron chi connectivity index (χ1n) is 15.4. The van der Waals surface area contributed by atoms with Crippen molar-refractivity contribution in [3.63, 3.8) is 0 Å². The molecule has 0 N–H and O–H groups in total. The van der Waals surface area contributed by atoms with Gasteiger partial charge in [0, 0.05) is 5.92 Å². The van der Waals surface area contributed by atoms with Crippen LogP contribution in [0.1, 0.15) is 81.4 Å². The number of ether oxygens (including phenoxy) is 3. The second-order valence-electron chi connectivity index (χ2n) is 11.5. The number of fused-ring (bicyclic) bond motifs is 1. The minimum absolute atomic E-state index is 0.119. The van der Waals surface area contributed by atoms with Crippen molar-refractivity contribution in [3.8, 4) is 17.2 Å². The maximum atomic E-state index is 13.8. The number of hydrogen-bond donors (Lipinski definition) is 0. The second kappa shape index (κ2) is 15.7. The van der Waals surface area contributed by atoms with E-state index in [1.165, 1.54) is 62.5 Å². The van der Waals surface area contributed by atoms with Crippen molar-refractivity contribution in [1.29, 1.82) is 0 Å². The minimum atomic E-state index is -1.05. The quantitative estimate of drug-likeness (QED) is 0.225. The Balaban J connectivity index is 0.000000193. The van der Waals surface area contributed by atoms with E-state index < -0.39 is 11.6 Å². The van der Waals surface area contributed by atoms with Crippen LogP contribution in [0.4, 0.5) is 8.78 Å². The highest BCUT2D eigenvalue weighted by molar-refractivity contribution is 5.53. The largest absolute Gasteiger partial charge is 0.497 e. The van der Waals surface area contributed by atoms with Gasteiger partial charge in [-0.05, 0) is 111 Å². The molecule has 0 amide bonds. The third-order valence-electron chi connectivity index (χ3n) is 8.70.